The minimum atomic E-state index is 0.0410. The molecule has 5 heteroatoms. The average Bonchev–Trinajstić information content (AvgIpc) is 3.30. The Hall–Kier alpha value is -4.12. The summed E-state index contributed by atoms with van der Waals surface area (Å²) in [7, 11) is 1.52. The molecule has 0 fully saturated rings. The maximum atomic E-state index is 10.8. The Morgan fingerprint density at radius 1 is 1.00 bits per heavy atom. The highest BCUT2D eigenvalue weighted by Gasteiger charge is 2.19. The second kappa shape index (κ2) is 8.67. The van der Waals surface area contributed by atoms with E-state index in [1.165, 1.54) is 7.11 Å². The molecule has 1 aliphatic heterocycles. The van der Waals surface area contributed by atoms with Crippen LogP contribution in [0.2, 0.25) is 0 Å². The number of rotatable bonds is 6. The van der Waals surface area contributed by atoms with Crippen LogP contribution >= 0.6 is 0 Å². The van der Waals surface area contributed by atoms with E-state index >= 15 is 0 Å². The van der Waals surface area contributed by atoms with E-state index in [0.717, 1.165) is 57.2 Å². The van der Waals surface area contributed by atoms with Crippen LogP contribution in [-0.2, 0) is 0 Å². The van der Waals surface area contributed by atoms with Crippen LogP contribution in [0.25, 0.3) is 29.2 Å². The van der Waals surface area contributed by atoms with Gasteiger partial charge in [0.05, 0.1) is 13.4 Å². The molecule has 1 aliphatic rings. The van der Waals surface area contributed by atoms with Gasteiger partial charge in [0.2, 0.25) is 5.75 Å². The highest BCUT2D eigenvalue weighted by atomic mass is 16.5. The first-order valence-corrected chi connectivity index (χ1v) is 11.4. The summed E-state index contributed by atoms with van der Waals surface area (Å²) in [4.78, 5) is 2.29. The van der Waals surface area contributed by atoms with E-state index < -0.39 is 0 Å². The van der Waals surface area contributed by atoms with E-state index in [1.54, 1.807) is 6.26 Å². The zero-order valence-electron chi connectivity index (χ0n) is 19.6. The molecule has 172 valence electrons. The van der Waals surface area contributed by atoms with Gasteiger partial charge in [-0.1, -0.05) is 30.9 Å². The van der Waals surface area contributed by atoms with Gasteiger partial charge in [-0.2, -0.15) is 0 Å². The van der Waals surface area contributed by atoms with Gasteiger partial charge < -0.3 is 23.9 Å². The number of furan rings is 1. The lowest BCUT2D eigenvalue weighted by Gasteiger charge is -2.25. The first kappa shape index (κ1) is 21.7. The summed E-state index contributed by atoms with van der Waals surface area (Å²) >= 11 is 0. The van der Waals surface area contributed by atoms with Crippen molar-refractivity contribution in [1.29, 1.82) is 0 Å². The average molecular weight is 454 g/mol. The van der Waals surface area contributed by atoms with Crippen LogP contribution in [0.15, 0.2) is 65.3 Å². The molecule has 0 aliphatic carbocycles. The summed E-state index contributed by atoms with van der Waals surface area (Å²) in [5.74, 6) is 1.93. The minimum Gasteiger partial charge on any atom is -0.504 e. The normalized spacial score (nSPS) is 12.5. The van der Waals surface area contributed by atoms with Crippen molar-refractivity contribution in [2.75, 3.05) is 25.1 Å². The van der Waals surface area contributed by atoms with Gasteiger partial charge in [0.25, 0.3) is 0 Å². The molecule has 5 rings (SSSR count). The number of phenolic OH excluding ortho intramolecular Hbond substituents is 1. The number of hydrogen-bond donors (Lipinski definition) is 1. The smallest absolute Gasteiger partial charge is 0.204 e. The standard InChI is InChI=1S/C29H27NO4/c1-5-30(6-2)21-9-12-24-22(23-10-7-18(3)15-25(23)34-26(24)17-21)11-8-19-16-20-13-14-33-28(20)29(32-4)27(19)31/h7-17,31H,3,5-6H2,1-2,4H3/b11-8+. The van der Waals surface area contributed by atoms with Gasteiger partial charge in [-0.15, -0.1) is 0 Å². The van der Waals surface area contributed by atoms with Crippen LogP contribution in [0, 0.1) is 0 Å². The second-order valence-corrected chi connectivity index (χ2v) is 8.22. The molecular formula is C29H27NO4. The predicted molar refractivity (Wildman–Crippen MR) is 137 cm³/mol. The van der Waals surface area contributed by atoms with E-state index in [0.29, 0.717) is 16.9 Å². The fourth-order valence-electron chi connectivity index (χ4n) is 4.50. The van der Waals surface area contributed by atoms with Gasteiger partial charge >= 0.3 is 0 Å². The molecule has 0 unspecified atom stereocenters. The molecule has 1 N–H and O–H groups in total. The molecule has 0 bridgehead atoms. The van der Waals surface area contributed by atoms with Crippen LogP contribution in [0.1, 0.15) is 25.0 Å². The largest absolute Gasteiger partial charge is 0.504 e. The Morgan fingerprint density at radius 3 is 2.59 bits per heavy atom. The Bertz CT molecular complexity index is 1530. The number of fused-ring (bicyclic) bond motifs is 3. The van der Waals surface area contributed by atoms with Crippen molar-refractivity contribution in [2.45, 2.75) is 13.8 Å². The number of aromatic hydroxyl groups is 1. The molecule has 0 saturated heterocycles. The molecule has 0 spiro atoms. The molecule has 4 aromatic rings. The summed E-state index contributed by atoms with van der Waals surface area (Å²) in [6.07, 6.45) is 5.50. The highest BCUT2D eigenvalue weighted by molar-refractivity contribution is 5.92. The van der Waals surface area contributed by atoms with Gasteiger partial charge in [-0.25, -0.2) is 0 Å². The third-order valence-corrected chi connectivity index (χ3v) is 6.28. The topological polar surface area (TPSA) is 55.1 Å². The van der Waals surface area contributed by atoms with Crippen LogP contribution in [0.3, 0.4) is 0 Å². The molecule has 0 atom stereocenters. The highest BCUT2D eigenvalue weighted by Crippen LogP contribution is 2.40. The molecule has 34 heavy (non-hydrogen) atoms. The third kappa shape index (κ3) is 3.59. The summed E-state index contributed by atoms with van der Waals surface area (Å²) in [5.41, 5.74) is 4.29. The maximum absolute atomic E-state index is 10.8. The van der Waals surface area contributed by atoms with E-state index in [2.05, 4.69) is 43.5 Å². The quantitative estimate of drug-likeness (QED) is 0.422. The summed E-state index contributed by atoms with van der Waals surface area (Å²) < 4.78 is 17.2. The third-order valence-electron chi connectivity index (χ3n) is 6.28. The lowest BCUT2D eigenvalue weighted by atomic mass is 9.96. The van der Waals surface area contributed by atoms with Crippen LogP contribution in [0.5, 0.6) is 23.0 Å². The van der Waals surface area contributed by atoms with E-state index in [4.69, 9.17) is 13.9 Å². The maximum Gasteiger partial charge on any atom is 0.204 e. The molecule has 1 aromatic heterocycles. The Morgan fingerprint density at radius 2 is 1.82 bits per heavy atom. The van der Waals surface area contributed by atoms with E-state index in [1.807, 2.05) is 42.5 Å². The number of methoxy groups -OCH3 is 1. The number of allylic oxidation sites excluding steroid dienone is 1. The Labute approximate surface area is 198 Å². The Balaban J connectivity index is 1.68. The van der Waals surface area contributed by atoms with Gasteiger partial charge in [-0.3, -0.25) is 0 Å². The van der Waals surface area contributed by atoms with Crippen molar-refractivity contribution in [3.05, 3.63) is 82.4 Å². The number of phenols is 1. The number of benzene rings is 3. The zero-order chi connectivity index (χ0) is 23.8. The summed E-state index contributed by atoms with van der Waals surface area (Å²) in [5, 5.41) is 13.6. The number of ether oxygens (including phenoxy) is 2. The first-order chi connectivity index (χ1) is 16.5. The Kier molecular flexibility index (Phi) is 5.54. The van der Waals surface area contributed by atoms with Gasteiger partial charge in [0, 0.05) is 46.6 Å². The molecule has 5 nitrogen and oxygen atoms in total. The molecule has 3 aromatic carbocycles. The monoisotopic (exact) mass is 453 g/mol. The first-order valence-electron chi connectivity index (χ1n) is 11.4. The van der Waals surface area contributed by atoms with Crippen molar-refractivity contribution in [3.8, 4) is 23.0 Å². The predicted octanol–water partition coefficient (Wildman–Crippen LogP) is 5.42. The van der Waals surface area contributed by atoms with Crippen molar-refractivity contribution in [3.63, 3.8) is 0 Å². The van der Waals surface area contributed by atoms with E-state index in [9.17, 15) is 5.11 Å². The van der Waals surface area contributed by atoms with Gasteiger partial charge in [-0.05, 0) is 55.0 Å². The van der Waals surface area contributed by atoms with Crippen molar-refractivity contribution < 1.29 is 19.0 Å². The zero-order valence-corrected chi connectivity index (χ0v) is 19.6. The second-order valence-electron chi connectivity index (χ2n) is 8.22. The van der Waals surface area contributed by atoms with Crippen LogP contribution in [0.4, 0.5) is 5.69 Å². The molecular weight excluding hydrogens is 426 g/mol. The lowest BCUT2D eigenvalue weighted by Crippen LogP contribution is -2.22. The lowest BCUT2D eigenvalue weighted by molar-refractivity contribution is 0.370. The molecule has 0 saturated carbocycles. The summed E-state index contributed by atoms with van der Waals surface area (Å²) in [6, 6.07) is 16.0. The van der Waals surface area contributed by atoms with Crippen molar-refractivity contribution >= 4 is 34.9 Å². The van der Waals surface area contributed by atoms with Crippen molar-refractivity contribution in [1.82, 2.24) is 0 Å². The van der Waals surface area contributed by atoms with Gasteiger partial charge in [0.15, 0.2) is 11.3 Å². The summed E-state index contributed by atoms with van der Waals surface area (Å²) in [6.45, 7) is 10.2. The van der Waals surface area contributed by atoms with Crippen molar-refractivity contribution in [2.24, 2.45) is 0 Å². The van der Waals surface area contributed by atoms with Crippen LogP contribution < -0.4 is 24.8 Å². The molecule has 0 radical (unpaired) electrons. The van der Waals surface area contributed by atoms with E-state index in [-0.39, 0.29) is 5.75 Å². The van der Waals surface area contributed by atoms with Crippen LogP contribution in [-0.4, -0.2) is 25.3 Å². The fraction of sp³-hybridized carbons (Fsp3) is 0.172. The number of nitrogens with zero attached hydrogens (tertiary/aromatic N) is 1. The molecule has 0 amide bonds. The fourth-order valence-corrected chi connectivity index (χ4v) is 4.50. The van der Waals surface area contributed by atoms with Gasteiger partial charge in [0.1, 0.15) is 11.5 Å². The molecule has 2 heterocycles. The number of anilines is 1. The SMILES string of the molecule is C=c1ccc2c(c1)Oc1cc(N(CC)CC)ccc1C=2/C=C/c1cc2ccoc2c(OC)c1O. The number of hydrogen-bond acceptors (Lipinski definition) is 5. The minimum absolute atomic E-state index is 0.0410.